The Morgan fingerprint density at radius 2 is 1.60 bits per heavy atom. The number of para-hydroxylation sites is 2. The molecule has 0 fully saturated rings. The van der Waals surface area contributed by atoms with E-state index in [1.807, 2.05) is 60.7 Å². The van der Waals surface area contributed by atoms with Crippen molar-refractivity contribution in [3.05, 3.63) is 60.7 Å². The molecular weight excluding hydrogens is 274 g/mol. The number of hydrogen-bond acceptors (Lipinski definition) is 2. The van der Waals surface area contributed by atoms with E-state index in [-0.39, 0.29) is 5.91 Å². The molecule has 0 saturated carbocycles. The minimum absolute atomic E-state index is 0.277. The van der Waals surface area contributed by atoms with E-state index in [4.69, 9.17) is 16.3 Å². The summed E-state index contributed by atoms with van der Waals surface area (Å²) in [5.74, 6) is 0.416. The molecule has 0 aliphatic heterocycles. The third-order valence-electron chi connectivity index (χ3n) is 2.77. The molecule has 0 aliphatic carbocycles. The first-order chi connectivity index (χ1) is 9.66. The first kappa shape index (κ1) is 14.4. The molecule has 2 unspecified atom stereocenters. The minimum atomic E-state index is -0.768. The third-order valence-corrected chi connectivity index (χ3v) is 3.32. The molecule has 1 N–H and O–H groups in total. The Balaban J connectivity index is 1.93. The molecule has 2 atom stereocenters. The average molecular weight is 290 g/mol. The van der Waals surface area contributed by atoms with Crippen LogP contribution in [0, 0.1) is 0 Å². The van der Waals surface area contributed by atoms with E-state index in [2.05, 4.69) is 5.32 Å². The van der Waals surface area contributed by atoms with Gasteiger partial charge in [0, 0.05) is 5.69 Å². The highest BCUT2D eigenvalue weighted by molar-refractivity contribution is 6.33. The van der Waals surface area contributed by atoms with Crippen LogP contribution in [0.25, 0.3) is 0 Å². The molecular formula is C16H16ClNO2. The zero-order valence-corrected chi connectivity index (χ0v) is 11.9. The summed E-state index contributed by atoms with van der Waals surface area (Å²) in [6.45, 7) is 1.77. The minimum Gasteiger partial charge on any atom is -0.489 e. The highest BCUT2D eigenvalue weighted by Gasteiger charge is 2.24. The fourth-order valence-electron chi connectivity index (χ4n) is 1.72. The topological polar surface area (TPSA) is 38.3 Å². The molecule has 2 rings (SSSR count). The number of hydrogen-bond donors (Lipinski definition) is 1. The summed E-state index contributed by atoms with van der Waals surface area (Å²) < 4.78 is 5.64. The van der Waals surface area contributed by atoms with E-state index < -0.39 is 11.5 Å². The molecule has 0 radical (unpaired) electrons. The van der Waals surface area contributed by atoms with E-state index in [9.17, 15) is 4.79 Å². The number of amides is 1. The van der Waals surface area contributed by atoms with Crippen molar-refractivity contribution in [3.63, 3.8) is 0 Å². The van der Waals surface area contributed by atoms with Gasteiger partial charge >= 0.3 is 0 Å². The predicted molar refractivity (Wildman–Crippen MR) is 81.2 cm³/mol. The van der Waals surface area contributed by atoms with Crippen molar-refractivity contribution in [2.24, 2.45) is 0 Å². The van der Waals surface area contributed by atoms with Crippen molar-refractivity contribution in [1.29, 1.82) is 0 Å². The lowest BCUT2D eigenvalue weighted by atomic mass is 10.2. The molecule has 2 aromatic carbocycles. The van der Waals surface area contributed by atoms with Gasteiger partial charge in [-0.3, -0.25) is 4.79 Å². The van der Waals surface area contributed by atoms with Gasteiger partial charge in [-0.2, -0.15) is 0 Å². The second kappa shape index (κ2) is 6.96. The first-order valence-electron chi connectivity index (χ1n) is 6.38. The number of anilines is 1. The van der Waals surface area contributed by atoms with Crippen molar-refractivity contribution in [2.75, 3.05) is 5.32 Å². The number of benzene rings is 2. The van der Waals surface area contributed by atoms with Crippen LogP contribution in [0.4, 0.5) is 5.69 Å². The summed E-state index contributed by atoms with van der Waals surface area (Å²) in [6.07, 6.45) is -0.428. The highest BCUT2D eigenvalue weighted by atomic mass is 35.5. The number of ether oxygens (including phenoxy) is 1. The van der Waals surface area contributed by atoms with E-state index >= 15 is 0 Å². The maximum atomic E-state index is 12.0. The van der Waals surface area contributed by atoms with E-state index in [1.165, 1.54) is 0 Å². The summed E-state index contributed by atoms with van der Waals surface area (Å²) in [6, 6.07) is 18.5. The Morgan fingerprint density at radius 3 is 2.20 bits per heavy atom. The highest BCUT2D eigenvalue weighted by Crippen LogP contribution is 2.16. The molecule has 0 aliphatic rings. The normalized spacial score (nSPS) is 13.3. The molecule has 4 heteroatoms. The molecule has 0 heterocycles. The van der Waals surface area contributed by atoms with Crippen molar-refractivity contribution in [1.82, 2.24) is 0 Å². The number of carbonyl (C=O) groups excluding carboxylic acids is 1. The Hall–Kier alpha value is -2.00. The largest absolute Gasteiger partial charge is 0.489 e. The number of rotatable bonds is 5. The van der Waals surface area contributed by atoms with Crippen molar-refractivity contribution >= 4 is 23.2 Å². The molecule has 0 saturated heterocycles. The van der Waals surface area contributed by atoms with Crippen molar-refractivity contribution in [3.8, 4) is 5.75 Å². The number of nitrogens with one attached hydrogen (secondary N) is 1. The smallest absolute Gasteiger partial charge is 0.246 e. The standard InChI is InChI=1S/C16H16ClNO2/c1-12(20-14-10-6-3-7-11-14)15(17)16(19)18-13-8-4-2-5-9-13/h2-12,15H,1H3,(H,18,19). The van der Waals surface area contributed by atoms with Gasteiger partial charge < -0.3 is 10.1 Å². The van der Waals surface area contributed by atoms with Gasteiger partial charge in [-0.05, 0) is 31.2 Å². The van der Waals surface area contributed by atoms with E-state index in [1.54, 1.807) is 6.92 Å². The SMILES string of the molecule is CC(Oc1ccccc1)C(Cl)C(=O)Nc1ccccc1. The fourth-order valence-corrected chi connectivity index (χ4v) is 1.83. The van der Waals surface area contributed by atoms with Gasteiger partial charge in [-0.15, -0.1) is 11.6 Å². The Morgan fingerprint density at radius 1 is 1.05 bits per heavy atom. The lowest BCUT2D eigenvalue weighted by Gasteiger charge is -2.19. The van der Waals surface area contributed by atoms with E-state index in [0.29, 0.717) is 5.75 Å². The van der Waals surface area contributed by atoms with Crippen LogP contribution in [-0.4, -0.2) is 17.4 Å². The maximum absolute atomic E-state index is 12.0. The summed E-state index contributed by atoms with van der Waals surface area (Å²) in [7, 11) is 0. The quantitative estimate of drug-likeness (QED) is 0.852. The summed E-state index contributed by atoms with van der Waals surface area (Å²) in [5, 5.41) is 1.99. The lowest BCUT2D eigenvalue weighted by molar-refractivity contribution is -0.117. The van der Waals surface area contributed by atoms with Gasteiger partial charge in [0.25, 0.3) is 0 Å². The Labute approximate surface area is 123 Å². The molecule has 3 nitrogen and oxygen atoms in total. The van der Waals surface area contributed by atoms with Crippen LogP contribution in [0.5, 0.6) is 5.75 Å². The third kappa shape index (κ3) is 4.00. The van der Waals surface area contributed by atoms with Gasteiger partial charge in [-0.25, -0.2) is 0 Å². The second-order valence-electron chi connectivity index (χ2n) is 4.39. The second-order valence-corrected chi connectivity index (χ2v) is 4.86. The Kier molecular flexibility index (Phi) is 5.02. The molecule has 20 heavy (non-hydrogen) atoms. The summed E-state index contributed by atoms with van der Waals surface area (Å²) >= 11 is 6.14. The van der Waals surface area contributed by atoms with Gasteiger partial charge in [0.05, 0.1) is 0 Å². The van der Waals surface area contributed by atoms with Gasteiger partial charge in [-0.1, -0.05) is 36.4 Å². The molecule has 104 valence electrons. The lowest BCUT2D eigenvalue weighted by Crippen LogP contribution is -2.35. The average Bonchev–Trinajstić information content (AvgIpc) is 2.48. The van der Waals surface area contributed by atoms with Crippen LogP contribution in [0.15, 0.2) is 60.7 Å². The van der Waals surface area contributed by atoms with Crippen LogP contribution >= 0.6 is 11.6 Å². The summed E-state index contributed by atoms with van der Waals surface area (Å²) in [4.78, 5) is 12.0. The number of carbonyl (C=O) groups is 1. The van der Waals surface area contributed by atoms with Crippen LogP contribution in [-0.2, 0) is 4.79 Å². The van der Waals surface area contributed by atoms with Gasteiger partial charge in [0.1, 0.15) is 17.2 Å². The summed E-state index contributed by atoms with van der Waals surface area (Å²) in [5.41, 5.74) is 0.718. The molecule has 2 aromatic rings. The maximum Gasteiger partial charge on any atom is 0.246 e. The number of alkyl halides is 1. The zero-order valence-electron chi connectivity index (χ0n) is 11.1. The van der Waals surface area contributed by atoms with Crippen LogP contribution in [0.3, 0.4) is 0 Å². The van der Waals surface area contributed by atoms with Gasteiger partial charge in [0.2, 0.25) is 5.91 Å². The van der Waals surface area contributed by atoms with E-state index in [0.717, 1.165) is 5.69 Å². The monoisotopic (exact) mass is 289 g/mol. The molecule has 1 amide bonds. The first-order valence-corrected chi connectivity index (χ1v) is 6.82. The molecule has 0 aromatic heterocycles. The van der Waals surface area contributed by atoms with Crippen LogP contribution < -0.4 is 10.1 Å². The number of halogens is 1. The molecule has 0 bridgehead atoms. The predicted octanol–water partition coefficient (Wildman–Crippen LogP) is 3.70. The van der Waals surface area contributed by atoms with Crippen LogP contribution in [0.1, 0.15) is 6.92 Å². The van der Waals surface area contributed by atoms with Gasteiger partial charge in [0.15, 0.2) is 0 Å². The molecule has 0 spiro atoms. The Bertz CT molecular complexity index is 545. The zero-order chi connectivity index (χ0) is 14.4. The van der Waals surface area contributed by atoms with Crippen molar-refractivity contribution in [2.45, 2.75) is 18.4 Å². The van der Waals surface area contributed by atoms with Crippen LogP contribution in [0.2, 0.25) is 0 Å². The van der Waals surface area contributed by atoms with Crippen molar-refractivity contribution < 1.29 is 9.53 Å². The fraction of sp³-hybridized carbons (Fsp3) is 0.188.